The van der Waals surface area contributed by atoms with E-state index in [0.29, 0.717) is 19.6 Å². The molecule has 0 bridgehead atoms. The first-order valence-electron chi connectivity index (χ1n) is 3.88. The molecule has 1 aliphatic rings. The van der Waals surface area contributed by atoms with Crippen molar-refractivity contribution in [2.45, 2.75) is 6.04 Å². The van der Waals surface area contributed by atoms with E-state index in [1.165, 1.54) is 0 Å². The fourth-order valence-corrected chi connectivity index (χ4v) is 1.53. The zero-order valence-corrected chi connectivity index (χ0v) is 8.17. The average Bonchev–Trinajstić information content (AvgIpc) is 2.63. The van der Waals surface area contributed by atoms with E-state index in [1.807, 2.05) is 0 Å². The molecular weight excluding hydrogens is 194 g/mol. The van der Waals surface area contributed by atoms with Crippen LogP contribution >= 0.6 is 0 Å². The summed E-state index contributed by atoms with van der Waals surface area (Å²) < 4.78 is 23.6. The minimum absolute atomic E-state index is 0.193. The monoisotopic (exact) mass is 207 g/mol. The van der Waals surface area contributed by atoms with Gasteiger partial charge >= 0.3 is 0 Å². The summed E-state index contributed by atoms with van der Waals surface area (Å²) in [5.74, 6) is -0.348. The summed E-state index contributed by atoms with van der Waals surface area (Å²) in [6.07, 6.45) is 1.10. The highest BCUT2D eigenvalue weighted by Gasteiger charge is 2.38. The van der Waals surface area contributed by atoms with Crippen molar-refractivity contribution in [2.75, 3.05) is 25.9 Å². The molecule has 0 aromatic heterocycles. The highest BCUT2D eigenvalue weighted by molar-refractivity contribution is 7.88. The van der Waals surface area contributed by atoms with Gasteiger partial charge in [-0.2, -0.15) is 0 Å². The molecule has 6 nitrogen and oxygen atoms in total. The summed E-state index contributed by atoms with van der Waals surface area (Å²) in [4.78, 5) is 12.4. The average molecular weight is 207 g/mol. The second-order valence-corrected chi connectivity index (χ2v) is 4.91. The second kappa shape index (κ2) is 3.60. The largest absolute Gasteiger partial charge is 0.368 e. The molecule has 1 fully saturated rings. The van der Waals surface area contributed by atoms with Gasteiger partial charge in [-0.05, 0) is 0 Å². The van der Waals surface area contributed by atoms with Gasteiger partial charge in [0.2, 0.25) is 15.9 Å². The van der Waals surface area contributed by atoms with E-state index < -0.39 is 10.0 Å². The first kappa shape index (κ1) is 10.4. The lowest BCUT2D eigenvalue weighted by Crippen LogP contribution is -2.29. The molecule has 13 heavy (non-hydrogen) atoms. The molecule has 0 radical (unpaired) electrons. The molecule has 0 spiro atoms. The number of amides is 1. The van der Waals surface area contributed by atoms with E-state index in [9.17, 15) is 13.2 Å². The van der Waals surface area contributed by atoms with Crippen LogP contribution in [0.3, 0.4) is 0 Å². The second-order valence-electron chi connectivity index (χ2n) is 3.08. The van der Waals surface area contributed by atoms with Crippen LogP contribution in [-0.4, -0.2) is 51.2 Å². The van der Waals surface area contributed by atoms with Crippen LogP contribution in [0.15, 0.2) is 0 Å². The number of nitrogens with two attached hydrogens (primary N) is 1. The van der Waals surface area contributed by atoms with Gasteiger partial charge < -0.3 is 5.73 Å². The molecule has 7 heteroatoms. The van der Waals surface area contributed by atoms with Crippen molar-refractivity contribution in [3.63, 3.8) is 0 Å². The standard InChI is InChI=1S/C6H13N3O3S/c1-13(11,12)8-2-3-9-4-5(9)6(7)10/h5,8H,2-4H2,1H3,(H2,7,10). The van der Waals surface area contributed by atoms with Crippen LogP contribution in [-0.2, 0) is 14.8 Å². The molecular formula is C6H13N3O3S. The maximum Gasteiger partial charge on any atom is 0.236 e. The van der Waals surface area contributed by atoms with E-state index in [4.69, 9.17) is 5.73 Å². The van der Waals surface area contributed by atoms with E-state index in [1.54, 1.807) is 4.90 Å². The zero-order chi connectivity index (χ0) is 10.1. The SMILES string of the molecule is CS(=O)(=O)NCCN1CC1C(N)=O. The maximum absolute atomic E-state index is 10.6. The minimum atomic E-state index is -3.12. The highest BCUT2D eigenvalue weighted by Crippen LogP contribution is 2.14. The molecule has 76 valence electrons. The molecule has 2 unspecified atom stereocenters. The van der Waals surface area contributed by atoms with Gasteiger partial charge in [0.05, 0.1) is 6.26 Å². The molecule has 3 N–H and O–H groups in total. The Labute approximate surface area is 77.1 Å². The molecule has 0 aromatic carbocycles. The van der Waals surface area contributed by atoms with Gasteiger partial charge in [0.25, 0.3) is 0 Å². The van der Waals surface area contributed by atoms with Gasteiger partial charge in [-0.3, -0.25) is 9.69 Å². The van der Waals surface area contributed by atoms with Gasteiger partial charge in [0.1, 0.15) is 6.04 Å². The van der Waals surface area contributed by atoms with Crippen LogP contribution in [0.1, 0.15) is 0 Å². The first-order chi connectivity index (χ1) is 5.90. The van der Waals surface area contributed by atoms with Gasteiger partial charge in [0, 0.05) is 19.6 Å². The van der Waals surface area contributed by atoms with E-state index in [2.05, 4.69) is 4.72 Å². The highest BCUT2D eigenvalue weighted by atomic mass is 32.2. The van der Waals surface area contributed by atoms with Crippen LogP contribution in [0.25, 0.3) is 0 Å². The van der Waals surface area contributed by atoms with Gasteiger partial charge in [-0.15, -0.1) is 0 Å². The lowest BCUT2D eigenvalue weighted by atomic mass is 10.5. The summed E-state index contributed by atoms with van der Waals surface area (Å²) >= 11 is 0. The van der Waals surface area contributed by atoms with Crippen molar-refractivity contribution in [2.24, 2.45) is 5.73 Å². The molecule has 1 saturated heterocycles. The van der Waals surface area contributed by atoms with E-state index in [0.717, 1.165) is 6.26 Å². The van der Waals surface area contributed by atoms with Crippen molar-refractivity contribution in [3.05, 3.63) is 0 Å². The van der Waals surface area contributed by atoms with E-state index in [-0.39, 0.29) is 11.9 Å². The molecule has 1 heterocycles. The normalized spacial score (nSPS) is 27.2. The molecule has 0 saturated carbocycles. The lowest BCUT2D eigenvalue weighted by molar-refractivity contribution is -0.118. The smallest absolute Gasteiger partial charge is 0.236 e. The van der Waals surface area contributed by atoms with Crippen LogP contribution in [0.5, 0.6) is 0 Å². The molecule has 1 aliphatic heterocycles. The van der Waals surface area contributed by atoms with Crippen LogP contribution < -0.4 is 10.5 Å². The van der Waals surface area contributed by atoms with Gasteiger partial charge in [-0.1, -0.05) is 0 Å². The maximum atomic E-state index is 10.6. The number of primary amides is 1. The zero-order valence-electron chi connectivity index (χ0n) is 7.36. The Bertz CT molecular complexity index is 300. The number of carbonyl (C=O) groups is 1. The molecule has 0 aliphatic carbocycles. The van der Waals surface area contributed by atoms with Crippen molar-refractivity contribution in [3.8, 4) is 0 Å². The molecule has 0 aromatic rings. The molecule has 1 amide bonds. The van der Waals surface area contributed by atoms with Crippen molar-refractivity contribution < 1.29 is 13.2 Å². The summed E-state index contributed by atoms with van der Waals surface area (Å²) in [7, 11) is -3.12. The number of nitrogens with one attached hydrogen (secondary N) is 1. The summed E-state index contributed by atoms with van der Waals surface area (Å²) in [5, 5.41) is 0. The number of sulfonamides is 1. The number of hydrogen-bond donors (Lipinski definition) is 2. The number of carbonyl (C=O) groups excluding carboxylic acids is 1. The van der Waals surface area contributed by atoms with Crippen molar-refractivity contribution in [1.29, 1.82) is 0 Å². The Morgan fingerprint density at radius 3 is 2.69 bits per heavy atom. The predicted molar refractivity (Wildman–Crippen MR) is 47.4 cm³/mol. The fraction of sp³-hybridized carbons (Fsp3) is 0.833. The first-order valence-corrected chi connectivity index (χ1v) is 5.77. The quantitative estimate of drug-likeness (QED) is 0.496. The minimum Gasteiger partial charge on any atom is -0.368 e. The molecule has 2 atom stereocenters. The summed E-state index contributed by atoms with van der Waals surface area (Å²) in [5.41, 5.74) is 5.03. The summed E-state index contributed by atoms with van der Waals surface area (Å²) in [6.45, 7) is 1.49. The Balaban J connectivity index is 2.13. The Kier molecular flexibility index (Phi) is 2.89. The third-order valence-electron chi connectivity index (χ3n) is 1.81. The third-order valence-corrected chi connectivity index (χ3v) is 2.53. The Morgan fingerprint density at radius 1 is 1.69 bits per heavy atom. The number of nitrogens with zero attached hydrogens (tertiary/aromatic N) is 1. The van der Waals surface area contributed by atoms with Gasteiger partial charge in [0.15, 0.2) is 0 Å². The van der Waals surface area contributed by atoms with Crippen LogP contribution in [0.4, 0.5) is 0 Å². The van der Waals surface area contributed by atoms with Crippen LogP contribution in [0, 0.1) is 0 Å². The van der Waals surface area contributed by atoms with Crippen molar-refractivity contribution in [1.82, 2.24) is 9.62 Å². The Hall–Kier alpha value is -0.660. The predicted octanol–water partition coefficient (Wildman–Crippen LogP) is -2.29. The number of rotatable bonds is 5. The number of hydrogen-bond acceptors (Lipinski definition) is 4. The Morgan fingerprint density at radius 2 is 2.31 bits per heavy atom. The van der Waals surface area contributed by atoms with Crippen molar-refractivity contribution >= 4 is 15.9 Å². The lowest BCUT2D eigenvalue weighted by Gasteiger charge is -2.02. The fourth-order valence-electron chi connectivity index (χ4n) is 1.07. The van der Waals surface area contributed by atoms with E-state index >= 15 is 0 Å². The summed E-state index contributed by atoms with van der Waals surface area (Å²) in [6, 6.07) is -0.193. The topological polar surface area (TPSA) is 92.3 Å². The third kappa shape index (κ3) is 3.71. The van der Waals surface area contributed by atoms with Crippen LogP contribution in [0.2, 0.25) is 0 Å². The molecule has 1 rings (SSSR count). The van der Waals surface area contributed by atoms with Gasteiger partial charge in [-0.25, -0.2) is 13.1 Å².